The van der Waals surface area contributed by atoms with Gasteiger partial charge in [-0.05, 0) is 121 Å². The highest BCUT2D eigenvalue weighted by Crippen LogP contribution is 2.46. The number of nitrogens with zero attached hydrogens (tertiary/aromatic N) is 8. The minimum Gasteiger partial charge on any atom is -0.485 e. The first-order chi connectivity index (χ1) is 31.7. The van der Waals surface area contributed by atoms with Gasteiger partial charge in [-0.3, -0.25) is 0 Å². The predicted octanol–water partition coefficient (Wildman–Crippen LogP) is 11.5. The molecule has 0 saturated heterocycles. The van der Waals surface area contributed by atoms with Crippen molar-refractivity contribution in [2.24, 2.45) is 0 Å². The van der Waals surface area contributed by atoms with Crippen molar-refractivity contribution in [3.8, 4) is 22.6 Å². The average Bonchev–Trinajstić information content (AvgIpc) is 4.00. The van der Waals surface area contributed by atoms with Crippen LogP contribution in [0, 0.1) is 0 Å². The lowest BCUT2D eigenvalue weighted by atomic mass is 9.92. The Morgan fingerprint density at radius 3 is 1.05 bits per heavy atom. The largest absolute Gasteiger partial charge is 0.485 e. The van der Waals surface area contributed by atoms with Crippen molar-refractivity contribution in [3.05, 3.63) is 205 Å². The van der Waals surface area contributed by atoms with Crippen molar-refractivity contribution in [1.29, 1.82) is 0 Å². The Morgan fingerprint density at radius 1 is 0.344 bits per heavy atom. The van der Waals surface area contributed by atoms with Crippen molar-refractivity contribution in [2.75, 3.05) is 0 Å². The van der Waals surface area contributed by atoms with Crippen LogP contribution in [0.15, 0.2) is 182 Å². The molecule has 2 heterocycles. The molecule has 0 unspecified atom stereocenters. The van der Waals surface area contributed by atoms with Crippen LogP contribution in [0.25, 0.3) is 75.8 Å². The number of hydrogen-bond acceptors (Lipinski definition) is 8. The molecule has 12 rings (SSSR count). The van der Waals surface area contributed by atoms with Crippen LogP contribution in [0.4, 0.5) is 0 Å². The Labute approximate surface area is 366 Å². The zero-order valence-corrected chi connectivity index (χ0v) is 34.5. The van der Waals surface area contributed by atoms with E-state index in [0.717, 1.165) is 43.8 Å². The predicted molar refractivity (Wildman–Crippen MR) is 252 cm³/mol. The van der Waals surface area contributed by atoms with Gasteiger partial charge in [-0.1, -0.05) is 158 Å². The van der Waals surface area contributed by atoms with Gasteiger partial charge >= 0.3 is 0 Å². The van der Waals surface area contributed by atoms with Gasteiger partial charge in [0.2, 0.25) is 0 Å². The van der Waals surface area contributed by atoms with Crippen LogP contribution in [0.2, 0.25) is 0 Å². The highest BCUT2D eigenvalue weighted by molar-refractivity contribution is 6.10. The van der Waals surface area contributed by atoms with Gasteiger partial charge < -0.3 is 9.47 Å². The van der Waals surface area contributed by atoms with Crippen molar-refractivity contribution in [2.45, 2.75) is 26.3 Å². The van der Waals surface area contributed by atoms with E-state index in [-0.39, 0.29) is 13.2 Å². The molecule has 64 heavy (non-hydrogen) atoms. The summed E-state index contributed by atoms with van der Waals surface area (Å²) in [7, 11) is 0. The van der Waals surface area contributed by atoms with E-state index in [4.69, 9.17) is 9.47 Å². The van der Waals surface area contributed by atoms with E-state index in [2.05, 4.69) is 201 Å². The van der Waals surface area contributed by atoms with E-state index < -0.39 is 0 Å². The van der Waals surface area contributed by atoms with Gasteiger partial charge in [-0.15, -0.1) is 10.2 Å². The third-order valence-electron chi connectivity index (χ3n) is 12.3. The Balaban J connectivity index is 0.908. The van der Waals surface area contributed by atoms with E-state index in [1.807, 2.05) is 21.5 Å². The molecule has 10 nitrogen and oxygen atoms in total. The summed E-state index contributed by atoms with van der Waals surface area (Å²) < 4.78 is 17.4. The quantitative estimate of drug-likeness (QED) is 0.119. The number of ether oxygens (including phenoxy) is 2. The Bertz CT molecular complexity index is 3370. The number of tetrazole rings is 2. The Hall–Kier alpha value is -8.50. The molecule has 0 radical (unpaired) electrons. The van der Waals surface area contributed by atoms with Crippen molar-refractivity contribution in [1.82, 2.24) is 40.4 Å². The summed E-state index contributed by atoms with van der Waals surface area (Å²) >= 11 is 0. The molecule has 0 N–H and O–H groups in total. The summed E-state index contributed by atoms with van der Waals surface area (Å²) in [6.07, 6.45) is 0. The third kappa shape index (κ3) is 6.60. The zero-order valence-electron chi connectivity index (χ0n) is 34.5. The van der Waals surface area contributed by atoms with Crippen molar-refractivity contribution in [3.63, 3.8) is 0 Å². The summed E-state index contributed by atoms with van der Waals surface area (Å²) in [5.74, 6) is 2.57. The molecule has 0 bridgehead atoms. The van der Waals surface area contributed by atoms with Crippen LogP contribution in [-0.2, 0) is 26.3 Å². The summed E-state index contributed by atoms with van der Waals surface area (Å²) in [6.45, 7) is 1.24. The van der Waals surface area contributed by atoms with Gasteiger partial charge in [-0.25, -0.2) is 9.36 Å². The summed E-state index contributed by atoms with van der Waals surface area (Å²) in [6, 6.07) is 63.3. The number of aromatic nitrogens is 8. The van der Waals surface area contributed by atoms with Gasteiger partial charge in [0.15, 0.2) is 11.6 Å². The molecule has 0 fully saturated rings. The molecule has 0 aliphatic heterocycles. The third-order valence-corrected chi connectivity index (χ3v) is 12.3. The van der Waals surface area contributed by atoms with Crippen LogP contribution in [0.5, 0.6) is 11.5 Å². The van der Waals surface area contributed by atoms with E-state index in [1.54, 1.807) is 0 Å². The lowest BCUT2D eigenvalue weighted by Gasteiger charge is -2.20. The van der Waals surface area contributed by atoms with Crippen LogP contribution in [0.3, 0.4) is 0 Å². The Kier molecular flexibility index (Phi) is 9.18. The Morgan fingerprint density at radius 2 is 0.672 bits per heavy atom. The first kappa shape index (κ1) is 37.3. The monoisotopic (exact) mass is 830 g/mol. The van der Waals surface area contributed by atoms with Crippen molar-refractivity contribution < 1.29 is 9.47 Å². The highest BCUT2D eigenvalue weighted by Gasteiger charge is 2.22. The molecule has 10 heteroatoms. The molecule has 0 aliphatic carbocycles. The van der Waals surface area contributed by atoms with E-state index in [0.29, 0.717) is 36.2 Å². The fraction of sp³-hybridized carbons (Fsp3) is 0.0741. The maximum atomic E-state index is 6.85. The van der Waals surface area contributed by atoms with Gasteiger partial charge in [0.25, 0.3) is 0 Å². The SMILES string of the molecule is c1ccc2c(-c3c(OCc4nnnn4Cc4c5ccccc5cc5ccccc45)ccc4ccccc34)c(OCc3nnnn3Cc3c4ccccc4cc4ccccc34)ccc2c1. The molecular weight excluding hydrogens is 793 g/mol. The maximum Gasteiger partial charge on any atom is 0.189 e. The van der Waals surface area contributed by atoms with E-state index in [9.17, 15) is 0 Å². The van der Waals surface area contributed by atoms with Crippen LogP contribution in [0.1, 0.15) is 22.8 Å². The standard InChI is InChI=1S/C54H38N8O2/c1-11-23-45-35(13-1)25-27-49(63-33-51-55-57-59-61(51)31-47-41-19-7-3-15-37(41)29-38-16-4-8-20-42(38)47)53(45)54-46-24-12-2-14-36(46)26-28-50(54)64-34-52-56-58-60-62(52)32-48-43-21-9-5-17-39(43)30-40-18-6-10-22-44(40)48/h1-30H,31-34H2. The molecule has 2 aromatic heterocycles. The number of hydrogen-bond donors (Lipinski definition) is 0. The summed E-state index contributed by atoms with van der Waals surface area (Å²) in [5, 5.41) is 39.7. The normalized spacial score (nSPS) is 11.7. The second kappa shape index (κ2) is 15.8. The molecule has 12 aromatic rings. The fourth-order valence-electron chi connectivity index (χ4n) is 9.30. The summed E-state index contributed by atoms with van der Waals surface area (Å²) in [4.78, 5) is 0. The molecule has 0 saturated carbocycles. The molecule has 10 aromatic carbocycles. The number of benzene rings is 10. The summed E-state index contributed by atoms with van der Waals surface area (Å²) in [5.41, 5.74) is 4.13. The minimum atomic E-state index is 0.139. The zero-order chi connectivity index (χ0) is 42.4. The number of rotatable bonds is 11. The minimum absolute atomic E-state index is 0.139. The molecule has 0 atom stereocenters. The molecule has 306 valence electrons. The first-order valence-corrected chi connectivity index (χ1v) is 21.3. The lowest BCUT2D eigenvalue weighted by molar-refractivity contribution is 0.285. The lowest BCUT2D eigenvalue weighted by Crippen LogP contribution is -2.11. The average molecular weight is 831 g/mol. The van der Waals surface area contributed by atoms with E-state index in [1.165, 1.54) is 43.1 Å². The van der Waals surface area contributed by atoms with E-state index >= 15 is 0 Å². The molecular formula is C54H38N8O2. The second-order valence-electron chi connectivity index (χ2n) is 16.0. The number of fused-ring (bicyclic) bond motifs is 6. The molecule has 0 amide bonds. The maximum absolute atomic E-state index is 6.85. The van der Waals surface area contributed by atoms with Gasteiger partial charge in [0, 0.05) is 11.1 Å². The molecule has 0 spiro atoms. The smallest absolute Gasteiger partial charge is 0.189 e. The van der Waals surface area contributed by atoms with Crippen LogP contribution < -0.4 is 9.47 Å². The van der Waals surface area contributed by atoms with Gasteiger partial charge in [0.05, 0.1) is 13.1 Å². The van der Waals surface area contributed by atoms with Gasteiger partial charge in [-0.2, -0.15) is 0 Å². The topological polar surface area (TPSA) is 106 Å². The highest BCUT2D eigenvalue weighted by atomic mass is 16.5. The molecule has 0 aliphatic rings. The first-order valence-electron chi connectivity index (χ1n) is 21.3. The fourth-order valence-corrected chi connectivity index (χ4v) is 9.30. The van der Waals surface area contributed by atoms with Crippen LogP contribution in [-0.4, -0.2) is 40.4 Å². The van der Waals surface area contributed by atoms with Gasteiger partial charge in [0.1, 0.15) is 24.7 Å². The van der Waals surface area contributed by atoms with Crippen LogP contribution >= 0.6 is 0 Å². The van der Waals surface area contributed by atoms with Crippen molar-refractivity contribution >= 4 is 64.6 Å². The second-order valence-corrected chi connectivity index (χ2v) is 16.0.